The van der Waals surface area contributed by atoms with Gasteiger partial charge < -0.3 is 5.32 Å². The first-order valence-corrected chi connectivity index (χ1v) is 7.15. The molecule has 0 saturated heterocycles. The van der Waals surface area contributed by atoms with E-state index >= 15 is 0 Å². The van der Waals surface area contributed by atoms with Crippen LogP contribution in [-0.2, 0) is 5.41 Å². The summed E-state index contributed by atoms with van der Waals surface area (Å²) in [4.78, 5) is 10.8. The van der Waals surface area contributed by atoms with Gasteiger partial charge in [-0.05, 0) is 33.0 Å². The molecule has 0 bridgehead atoms. The van der Waals surface area contributed by atoms with Crippen molar-refractivity contribution in [1.82, 2.24) is 0 Å². The second-order valence-corrected chi connectivity index (χ2v) is 6.42. The lowest BCUT2D eigenvalue weighted by Gasteiger charge is -2.20. The van der Waals surface area contributed by atoms with Crippen molar-refractivity contribution in [2.75, 3.05) is 5.32 Å². The molecule has 0 saturated carbocycles. The van der Waals surface area contributed by atoms with E-state index in [-0.39, 0.29) is 22.5 Å². The van der Waals surface area contributed by atoms with Crippen LogP contribution in [0.5, 0.6) is 0 Å². The number of rotatable bonds is 3. The first kappa shape index (κ1) is 18.2. The smallest absolute Gasteiger partial charge is 0.294 e. The Morgan fingerprint density at radius 3 is 2.17 bits per heavy atom. The van der Waals surface area contributed by atoms with Gasteiger partial charge in [-0.3, -0.25) is 10.1 Å². The molecule has 1 N–H and O–H groups in total. The van der Waals surface area contributed by atoms with E-state index in [9.17, 15) is 10.1 Å². The van der Waals surface area contributed by atoms with Crippen molar-refractivity contribution < 1.29 is 4.92 Å². The van der Waals surface area contributed by atoms with Crippen LogP contribution in [0.4, 0.5) is 11.4 Å². The molecule has 0 aliphatic rings. The Hall–Kier alpha value is -2.89. The molecule has 116 valence electrons. The van der Waals surface area contributed by atoms with Crippen LogP contribution in [0.3, 0.4) is 0 Å². The monoisotopic (exact) mass is 373 g/mol. The highest BCUT2D eigenvalue weighted by molar-refractivity contribution is 9.10. The lowest BCUT2D eigenvalue weighted by atomic mass is 9.86. The number of hydrogen-bond donors (Lipinski definition) is 1. The van der Waals surface area contributed by atoms with E-state index in [4.69, 9.17) is 15.8 Å². The minimum atomic E-state index is -0.588. The molecule has 0 radical (unpaired) electrons. The minimum Gasteiger partial charge on any atom is -0.339 e. The van der Waals surface area contributed by atoms with Gasteiger partial charge in [-0.1, -0.05) is 20.8 Å². The second kappa shape index (κ2) is 6.91. The third-order valence-corrected chi connectivity index (χ3v) is 3.59. The van der Waals surface area contributed by atoms with Crippen molar-refractivity contribution in [2.45, 2.75) is 26.2 Å². The molecule has 0 atom stereocenters. The van der Waals surface area contributed by atoms with E-state index in [0.717, 1.165) is 5.56 Å². The molecule has 0 amide bonds. The van der Waals surface area contributed by atoms with Crippen LogP contribution in [0.25, 0.3) is 0 Å². The molecule has 1 aromatic rings. The van der Waals surface area contributed by atoms with Crippen LogP contribution in [-0.4, -0.2) is 4.92 Å². The van der Waals surface area contributed by atoms with Crippen molar-refractivity contribution in [3.05, 3.63) is 43.6 Å². The standard InChI is InChI=1S/C15H12BrN5O2/c1-15(2,3)10-4-11(16)14(13(5-10)21(22)23)20-12(8-19)9(6-17)7-18/h4-5,20H,1-3H3. The van der Waals surface area contributed by atoms with E-state index in [1.54, 1.807) is 24.3 Å². The fraction of sp³-hybridized carbons (Fsp3) is 0.267. The Balaban J connectivity index is 3.59. The van der Waals surface area contributed by atoms with Crippen molar-refractivity contribution in [2.24, 2.45) is 0 Å². The summed E-state index contributed by atoms with van der Waals surface area (Å²) in [5.41, 5.74) is -0.625. The molecule has 0 spiro atoms. The zero-order chi connectivity index (χ0) is 17.8. The number of nitro benzene ring substituents is 1. The molecule has 0 aliphatic heterocycles. The molecule has 1 aromatic carbocycles. The van der Waals surface area contributed by atoms with Gasteiger partial charge >= 0.3 is 0 Å². The molecule has 23 heavy (non-hydrogen) atoms. The van der Waals surface area contributed by atoms with Gasteiger partial charge in [0.15, 0.2) is 5.57 Å². The molecule has 0 unspecified atom stereocenters. The maximum Gasteiger partial charge on any atom is 0.294 e. The topological polar surface area (TPSA) is 127 Å². The number of nitrogens with zero attached hydrogens (tertiary/aromatic N) is 4. The Morgan fingerprint density at radius 2 is 1.78 bits per heavy atom. The molecule has 0 heterocycles. The number of anilines is 1. The highest BCUT2D eigenvalue weighted by atomic mass is 79.9. The predicted octanol–water partition coefficient (Wildman–Crippen LogP) is 3.89. The molecule has 0 aromatic heterocycles. The molecule has 0 aliphatic carbocycles. The molecular weight excluding hydrogens is 362 g/mol. The van der Waals surface area contributed by atoms with E-state index in [0.29, 0.717) is 4.47 Å². The first-order valence-electron chi connectivity index (χ1n) is 6.35. The minimum absolute atomic E-state index is 0.0163. The van der Waals surface area contributed by atoms with Crippen LogP contribution in [0.15, 0.2) is 27.9 Å². The van der Waals surface area contributed by atoms with Gasteiger partial charge in [-0.2, -0.15) is 15.8 Å². The summed E-state index contributed by atoms with van der Waals surface area (Å²) in [6.45, 7) is 5.74. The highest BCUT2D eigenvalue weighted by Gasteiger charge is 2.25. The summed E-state index contributed by atoms with van der Waals surface area (Å²) in [6.07, 6.45) is 0. The summed E-state index contributed by atoms with van der Waals surface area (Å²) < 4.78 is 0.361. The number of benzene rings is 1. The van der Waals surface area contributed by atoms with Gasteiger partial charge in [0.25, 0.3) is 5.69 Å². The van der Waals surface area contributed by atoms with Crippen LogP contribution >= 0.6 is 15.9 Å². The van der Waals surface area contributed by atoms with E-state index in [2.05, 4.69) is 21.2 Å². The second-order valence-electron chi connectivity index (χ2n) is 5.57. The highest BCUT2D eigenvalue weighted by Crippen LogP contribution is 2.38. The molecular formula is C15H12BrN5O2. The Kier molecular flexibility index (Phi) is 5.46. The van der Waals surface area contributed by atoms with Gasteiger partial charge in [0.05, 0.1) is 4.92 Å². The zero-order valence-electron chi connectivity index (χ0n) is 12.6. The maximum absolute atomic E-state index is 11.3. The largest absolute Gasteiger partial charge is 0.339 e. The van der Waals surface area contributed by atoms with Crippen LogP contribution in [0, 0.1) is 44.1 Å². The van der Waals surface area contributed by atoms with Gasteiger partial charge in [0, 0.05) is 10.5 Å². The molecule has 8 heteroatoms. The first-order chi connectivity index (χ1) is 10.6. The van der Waals surface area contributed by atoms with Gasteiger partial charge in [0.2, 0.25) is 0 Å². The number of nitro groups is 1. The van der Waals surface area contributed by atoms with Gasteiger partial charge in [0.1, 0.15) is 29.6 Å². The van der Waals surface area contributed by atoms with Crippen molar-refractivity contribution in [3.63, 3.8) is 0 Å². The number of nitrogens with one attached hydrogen (secondary N) is 1. The van der Waals surface area contributed by atoms with E-state index in [1.165, 1.54) is 6.07 Å². The van der Waals surface area contributed by atoms with Crippen molar-refractivity contribution >= 4 is 27.3 Å². The molecule has 7 nitrogen and oxygen atoms in total. The van der Waals surface area contributed by atoms with Crippen molar-refractivity contribution in [3.8, 4) is 18.2 Å². The lowest BCUT2D eigenvalue weighted by molar-refractivity contribution is -0.384. The zero-order valence-corrected chi connectivity index (χ0v) is 14.2. The summed E-state index contributed by atoms with van der Waals surface area (Å²) in [5.74, 6) is 0. The summed E-state index contributed by atoms with van der Waals surface area (Å²) in [5, 5.41) is 40.6. The number of nitriles is 3. The predicted molar refractivity (Wildman–Crippen MR) is 87.0 cm³/mol. The molecule has 1 rings (SSSR count). The number of allylic oxidation sites excluding steroid dienone is 2. The van der Waals surface area contributed by atoms with Crippen LogP contribution in [0.1, 0.15) is 26.3 Å². The number of halogens is 1. The Labute approximate surface area is 141 Å². The molecule has 0 fully saturated rings. The van der Waals surface area contributed by atoms with E-state index < -0.39 is 10.5 Å². The van der Waals surface area contributed by atoms with Gasteiger partial charge in [-0.25, -0.2) is 0 Å². The Morgan fingerprint density at radius 1 is 1.22 bits per heavy atom. The quantitative estimate of drug-likeness (QED) is 0.486. The summed E-state index contributed by atoms with van der Waals surface area (Å²) >= 11 is 3.24. The van der Waals surface area contributed by atoms with Gasteiger partial charge in [-0.15, -0.1) is 0 Å². The van der Waals surface area contributed by atoms with Crippen molar-refractivity contribution in [1.29, 1.82) is 15.8 Å². The summed E-state index contributed by atoms with van der Waals surface area (Å²) in [6, 6.07) is 7.92. The van der Waals surface area contributed by atoms with E-state index in [1.807, 2.05) is 20.8 Å². The SMILES string of the molecule is CC(C)(C)c1cc(Br)c(NC(C#N)=C(C#N)C#N)c([N+](=O)[O-])c1. The average molecular weight is 374 g/mol. The third-order valence-electron chi connectivity index (χ3n) is 2.97. The normalized spacial score (nSPS) is 9.96. The lowest BCUT2D eigenvalue weighted by Crippen LogP contribution is -2.13. The van der Waals surface area contributed by atoms with Crippen LogP contribution < -0.4 is 5.32 Å². The fourth-order valence-electron chi connectivity index (χ4n) is 1.70. The average Bonchev–Trinajstić information content (AvgIpc) is 2.47. The third kappa shape index (κ3) is 4.06. The number of hydrogen-bond acceptors (Lipinski definition) is 6. The maximum atomic E-state index is 11.3. The fourth-order valence-corrected chi connectivity index (χ4v) is 2.25. The van der Waals surface area contributed by atoms with Crippen LogP contribution in [0.2, 0.25) is 0 Å². The summed E-state index contributed by atoms with van der Waals surface area (Å²) in [7, 11) is 0. The Bertz CT molecular complexity index is 800.